The van der Waals surface area contributed by atoms with Gasteiger partial charge in [0, 0.05) is 13.1 Å². The zero-order chi connectivity index (χ0) is 14.0. The third-order valence-corrected chi connectivity index (χ3v) is 3.49. The van der Waals surface area contributed by atoms with Gasteiger partial charge in [-0.1, -0.05) is 60.7 Å². The summed E-state index contributed by atoms with van der Waals surface area (Å²) in [6.07, 6.45) is 2.21. The van der Waals surface area contributed by atoms with Crippen molar-refractivity contribution in [3.8, 4) is 0 Å². The molecule has 0 bridgehead atoms. The maximum Gasteiger partial charge on any atom is 0.00746 e. The Morgan fingerprint density at radius 3 is 1.75 bits per heavy atom. The van der Waals surface area contributed by atoms with Crippen molar-refractivity contribution in [3.63, 3.8) is 0 Å². The van der Waals surface area contributed by atoms with Gasteiger partial charge in [-0.05, 0) is 36.4 Å². The lowest BCUT2D eigenvalue weighted by Gasteiger charge is -2.18. The molecule has 2 heteroatoms. The number of benzene rings is 2. The Labute approximate surface area is 122 Å². The second-order valence-electron chi connectivity index (χ2n) is 5.24. The Kier molecular flexibility index (Phi) is 6.28. The Balaban J connectivity index is 1.96. The Morgan fingerprint density at radius 1 is 0.800 bits per heavy atom. The standard InChI is InChI=1S/C18H24N2/c19-11-12-20-15-18(13-16-7-3-1-4-8-16)14-17-9-5-2-6-10-17/h1-10,18,20H,11-15,19H2. The number of nitrogens with two attached hydrogens (primary N) is 1. The average molecular weight is 268 g/mol. The highest BCUT2D eigenvalue weighted by Crippen LogP contribution is 2.14. The van der Waals surface area contributed by atoms with Crippen LogP contribution < -0.4 is 11.1 Å². The molecule has 0 spiro atoms. The molecule has 0 atom stereocenters. The summed E-state index contributed by atoms with van der Waals surface area (Å²) in [6, 6.07) is 21.4. The van der Waals surface area contributed by atoms with E-state index < -0.39 is 0 Å². The monoisotopic (exact) mass is 268 g/mol. The molecule has 0 saturated heterocycles. The molecule has 0 heterocycles. The molecule has 0 aliphatic rings. The lowest BCUT2D eigenvalue weighted by molar-refractivity contribution is 0.474. The molecule has 0 aliphatic carbocycles. The number of hydrogen-bond donors (Lipinski definition) is 2. The van der Waals surface area contributed by atoms with Crippen molar-refractivity contribution in [3.05, 3.63) is 71.8 Å². The summed E-state index contributed by atoms with van der Waals surface area (Å²) < 4.78 is 0. The van der Waals surface area contributed by atoms with E-state index in [4.69, 9.17) is 5.73 Å². The van der Waals surface area contributed by atoms with E-state index in [1.165, 1.54) is 11.1 Å². The molecule has 3 N–H and O–H groups in total. The van der Waals surface area contributed by atoms with E-state index in [1.807, 2.05) is 0 Å². The fourth-order valence-electron chi connectivity index (χ4n) is 2.52. The van der Waals surface area contributed by atoms with Crippen LogP contribution in [0.15, 0.2) is 60.7 Å². The van der Waals surface area contributed by atoms with Crippen molar-refractivity contribution in [2.75, 3.05) is 19.6 Å². The normalized spacial score (nSPS) is 10.9. The largest absolute Gasteiger partial charge is 0.329 e. The minimum Gasteiger partial charge on any atom is -0.329 e. The van der Waals surface area contributed by atoms with Crippen LogP contribution >= 0.6 is 0 Å². The van der Waals surface area contributed by atoms with Gasteiger partial charge >= 0.3 is 0 Å². The van der Waals surface area contributed by atoms with E-state index in [0.29, 0.717) is 12.5 Å². The molecule has 2 aromatic carbocycles. The van der Waals surface area contributed by atoms with Crippen LogP contribution in [0, 0.1) is 5.92 Å². The predicted molar refractivity (Wildman–Crippen MR) is 85.7 cm³/mol. The molecule has 0 aliphatic heterocycles. The summed E-state index contributed by atoms with van der Waals surface area (Å²) in [5, 5.41) is 3.45. The van der Waals surface area contributed by atoms with Gasteiger partial charge in [0.1, 0.15) is 0 Å². The lowest BCUT2D eigenvalue weighted by atomic mass is 9.92. The highest BCUT2D eigenvalue weighted by Gasteiger charge is 2.10. The van der Waals surface area contributed by atoms with E-state index >= 15 is 0 Å². The Morgan fingerprint density at radius 2 is 1.30 bits per heavy atom. The summed E-state index contributed by atoms with van der Waals surface area (Å²) in [7, 11) is 0. The summed E-state index contributed by atoms with van der Waals surface area (Å²) in [5.74, 6) is 0.603. The zero-order valence-electron chi connectivity index (χ0n) is 12.0. The molecule has 0 unspecified atom stereocenters. The first-order valence-corrected chi connectivity index (χ1v) is 7.37. The van der Waals surface area contributed by atoms with Gasteiger partial charge in [0.25, 0.3) is 0 Å². The fraction of sp³-hybridized carbons (Fsp3) is 0.333. The van der Waals surface area contributed by atoms with Crippen molar-refractivity contribution >= 4 is 0 Å². The van der Waals surface area contributed by atoms with E-state index in [9.17, 15) is 0 Å². The van der Waals surface area contributed by atoms with Gasteiger partial charge in [-0.2, -0.15) is 0 Å². The van der Waals surface area contributed by atoms with Crippen LogP contribution in [0.2, 0.25) is 0 Å². The summed E-state index contributed by atoms with van der Waals surface area (Å²) in [4.78, 5) is 0. The van der Waals surface area contributed by atoms with Crippen molar-refractivity contribution < 1.29 is 0 Å². The molecule has 2 rings (SSSR count). The molecule has 2 nitrogen and oxygen atoms in total. The van der Waals surface area contributed by atoms with Crippen LogP contribution in [0.1, 0.15) is 11.1 Å². The van der Waals surface area contributed by atoms with Gasteiger partial charge in [-0.15, -0.1) is 0 Å². The van der Waals surface area contributed by atoms with E-state index in [-0.39, 0.29) is 0 Å². The van der Waals surface area contributed by atoms with E-state index in [1.54, 1.807) is 0 Å². The third-order valence-electron chi connectivity index (χ3n) is 3.49. The molecule has 0 saturated carbocycles. The fourth-order valence-corrected chi connectivity index (χ4v) is 2.52. The first kappa shape index (κ1) is 14.8. The Bertz CT molecular complexity index is 426. The highest BCUT2D eigenvalue weighted by atomic mass is 14.9. The molecule has 106 valence electrons. The van der Waals surface area contributed by atoms with Gasteiger partial charge in [-0.25, -0.2) is 0 Å². The zero-order valence-corrected chi connectivity index (χ0v) is 12.0. The molecule has 2 aromatic rings. The van der Waals surface area contributed by atoms with Crippen molar-refractivity contribution in [2.45, 2.75) is 12.8 Å². The lowest BCUT2D eigenvalue weighted by Crippen LogP contribution is -2.30. The second-order valence-corrected chi connectivity index (χ2v) is 5.24. The molecule has 0 radical (unpaired) electrons. The molecule has 0 aromatic heterocycles. The van der Waals surface area contributed by atoms with Crippen molar-refractivity contribution in [2.24, 2.45) is 11.7 Å². The van der Waals surface area contributed by atoms with Gasteiger partial charge in [0.2, 0.25) is 0 Å². The van der Waals surface area contributed by atoms with Gasteiger partial charge in [0.15, 0.2) is 0 Å². The quantitative estimate of drug-likeness (QED) is 0.722. The predicted octanol–water partition coefficient (Wildman–Crippen LogP) is 2.64. The molecular weight excluding hydrogens is 244 g/mol. The second kappa shape index (κ2) is 8.51. The first-order chi connectivity index (χ1) is 9.88. The average Bonchev–Trinajstić information content (AvgIpc) is 2.49. The van der Waals surface area contributed by atoms with Crippen LogP contribution in [0.4, 0.5) is 0 Å². The van der Waals surface area contributed by atoms with Crippen LogP contribution in [-0.2, 0) is 12.8 Å². The first-order valence-electron chi connectivity index (χ1n) is 7.37. The van der Waals surface area contributed by atoms with E-state index in [2.05, 4.69) is 66.0 Å². The van der Waals surface area contributed by atoms with Crippen LogP contribution in [0.25, 0.3) is 0 Å². The number of hydrogen-bond acceptors (Lipinski definition) is 2. The molecule has 0 amide bonds. The SMILES string of the molecule is NCCNCC(Cc1ccccc1)Cc1ccccc1. The Hall–Kier alpha value is -1.64. The molecular formula is C18H24N2. The van der Waals surface area contributed by atoms with Gasteiger partial charge in [-0.3, -0.25) is 0 Å². The molecule has 20 heavy (non-hydrogen) atoms. The topological polar surface area (TPSA) is 38.0 Å². The smallest absolute Gasteiger partial charge is 0.00746 e. The third kappa shape index (κ3) is 5.16. The van der Waals surface area contributed by atoms with E-state index in [0.717, 1.165) is 25.9 Å². The highest BCUT2D eigenvalue weighted by molar-refractivity contribution is 5.18. The minimum atomic E-state index is 0.603. The van der Waals surface area contributed by atoms with Gasteiger partial charge < -0.3 is 11.1 Å². The van der Waals surface area contributed by atoms with Crippen LogP contribution in [0.5, 0.6) is 0 Å². The maximum absolute atomic E-state index is 5.56. The number of nitrogens with one attached hydrogen (secondary N) is 1. The van der Waals surface area contributed by atoms with Crippen molar-refractivity contribution in [1.29, 1.82) is 0 Å². The van der Waals surface area contributed by atoms with Crippen molar-refractivity contribution in [1.82, 2.24) is 5.32 Å². The number of rotatable bonds is 8. The van der Waals surface area contributed by atoms with Crippen LogP contribution in [0.3, 0.4) is 0 Å². The summed E-state index contributed by atoms with van der Waals surface area (Å²) in [5.41, 5.74) is 8.37. The van der Waals surface area contributed by atoms with Crippen LogP contribution in [-0.4, -0.2) is 19.6 Å². The van der Waals surface area contributed by atoms with Gasteiger partial charge in [0.05, 0.1) is 0 Å². The maximum atomic E-state index is 5.56. The minimum absolute atomic E-state index is 0.603. The molecule has 0 fully saturated rings. The summed E-state index contributed by atoms with van der Waals surface area (Å²) in [6.45, 7) is 2.60. The summed E-state index contributed by atoms with van der Waals surface area (Å²) >= 11 is 0.